The molecule has 17 heavy (non-hydrogen) atoms. The molecule has 0 amide bonds. The molecule has 0 heterocycles. The zero-order chi connectivity index (χ0) is 13.2. The Balaban J connectivity index is 3.31. The number of terminal acetylenes is 1. The summed E-state index contributed by atoms with van der Waals surface area (Å²) in [7, 11) is -2.11. The van der Waals surface area contributed by atoms with Crippen LogP contribution in [0.15, 0.2) is 17.0 Å². The van der Waals surface area contributed by atoms with Crippen LogP contribution < -0.4 is 5.73 Å². The van der Waals surface area contributed by atoms with Crippen molar-refractivity contribution in [3.63, 3.8) is 0 Å². The molecular weight excluding hydrogens is 236 g/mol. The van der Waals surface area contributed by atoms with Gasteiger partial charge in [-0.15, -0.1) is 6.42 Å². The van der Waals surface area contributed by atoms with Gasteiger partial charge in [-0.1, -0.05) is 5.92 Å². The maximum atomic E-state index is 12.1. The normalized spacial score (nSPS) is 11.5. The summed E-state index contributed by atoms with van der Waals surface area (Å²) in [5, 5.41) is 0. The third kappa shape index (κ3) is 2.60. The van der Waals surface area contributed by atoms with E-state index in [0.29, 0.717) is 5.69 Å². The number of rotatable bonds is 3. The van der Waals surface area contributed by atoms with Crippen LogP contribution in [0.3, 0.4) is 0 Å². The monoisotopic (exact) mass is 252 g/mol. The number of nitrogens with two attached hydrogens (primary N) is 1. The van der Waals surface area contributed by atoms with E-state index >= 15 is 0 Å². The first-order valence-corrected chi connectivity index (χ1v) is 6.51. The zero-order valence-electron chi connectivity index (χ0n) is 10.2. The molecule has 0 atom stereocenters. The minimum Gasteiger partial charge on any atom is -0.398 e. The molecule has 0 fully saturated rings. The van der Waals surface area contributed by atoms with Crippen LogP contribution >= 0.6 is 0 Å². The lowest BCUT2D eigenvalue weighted by atomic mass is 10.1. The lowest BCUT2D eigenvalue weighted by Crippen LogP contribution is -2.27. The van der Waals surface area contributed by atoms with E-state index in [4.69, 9.17) is 12.2 Å². The van der Waals surface area contributed by atoms with E-state index in [-0.39, 0.29) is 11.4 Å². The second kappa shape index (κ2) is 4.78. The molecule has 92 valence electrons. The Morgan fingerprint density at radius 3 is 2.47 bits per heavy atom. The van der Waals surface area contributed by atoms with Crippen molar-refractivity contribution in [3.8, 4) is 12.3 Å². The maximum absolute atomic E-state index is 12.1. The first-order valence-electron chi connectivity index (χ1n) is 5.07. The summed E-state index contributed by atoms with van der Waals surface area (Å²) >= 11 is 0. The summed E-state index contributed by atoms with van der Waals surface area (Å²) < 4.78 is 25.3. The number of aryl methyl sites for hydroxylation is 1. The predicted molar refractivity (Wildman–Crippen MR) is 69.0 cm³/mol. The number of hydrogen-bond donors (Lipinski definition) is 1. The SMILES string of the molecule is C#CCN(C)S(=O)(=O)c1cc(C)c(C)c(N)c1. The van der Waals surface area contributed by atoms with Gasteiger partial charge in [-0.05, 0) is 37.1 Å². The average molecular weight is 252 g/mol. The fraction of sp³-hybridized carbons (Fsp3) is 0.333. The number of hydrogen-bond acceptors (Lipinski definition) is 3. The van der Waals surface area contributed by atoms with Gasteiger partial charge in [0.2, 0.25) is 10.0 Å². The van der Waals surface area contributed by atoms with Crippen LogP contribution in [0.4, 0.5) is 5.69 Å². The predicted octanol–water partition coefficient (Wildman–Crippen LogP) is 1.14. The molecule has 0 aliphatic heterocycles. The Morgan fingerprint density at radius 1 is 1.41 bits per heavy atom. The smallest absolute Gasteiger partial charge is 0.243 e. The average Bonchev–Trinajstić information content (AvgIpc) is 2.25. The molecule has 0 saturated heterocycles. The van der Waals surface area contributed by atoms with Crippen molar-refractivity contribution in [2.45, 2.75) is 18.7 Å². The standard InChI is InChI=1S/C12H16N2O2S/c1-5-6-14(4)17(15,16)11-7-9(2)10(3)12(13)8-11/h1,7-8H,6,13H2,2-4H3. The fourth-order valence-corrected chi connectivity index (χ4v) is 2.60. The molecule has 0 saturated carbocycles. The lowest BCUT2D eigenvalue weighted by molar-refractivity contribution is 0.503. The molecule has 0 bridgehead atoms. The Morgan fingerprint density at radius 2 is 2.00 bits per heavy atom. The van der Waals surface area contributed by atoms with Gasteiger partial charge in [0.25, 0.3) is 0 Å². The van der Waals surface area contributed by atoms with Gasteiger partial charge in [0.15, 0.2) is 0 Å². The van der Waals surface area contributed by atoms with Crippen LogP contribution in [0.25, 0.3) is 0 Å². The molecule has 0 aliphatic carbocycles. The van der Waals surface area contributed by atoms with Crippen molar-refractivity contribution in [1.29, 1.82) is 0 Å². The van der Waals surface area contributed by atoms with Gasteiger partial charge in [0.1, 0.15) is 0 Å². The molecule has 0 spiro atoms. The van der Waals surface area contributed by atoms with E-state index in [9.17, 15) is 8.42 Å². The summed E-state index contributed by atoms with van der Waals surface area (Å²) in [5.41, 5.74) is 7.98. The van der Waals surface area contributed by atoms with Gasteiger partial charge < -0.3 is 5.73 Å². The number of anilines is 1. The number of nitrogens with zero attached hydrogens (tertiary/aromatic N) is 1. The third-order valence-corrected chi connectivity index (χ3v) is 4.48. The van der Waals surface area contributed by atoms with E-state index in [1.54, 1.807) is 6.07 Å². The van der Waals surface area contributed by atoms with E-state index in [1.165, 1.54) is 13.1 Å². The van der Waals surface area contributed by atoms with Gasteiger partial charge in [0.05, 0.1) is 11.4 Å². The Labute approximate surface area is 102 Å². The van der Waals surface area contributed by atoms with Crippen molar-refractivity contribution in [1.82, 2.24) is 4.31 Å². The van der Waals surface area contributed by atoms with Crippen LogP contribution in [0.5, 0.6) is 0 Å². The molecule has 2 N–H and O–H groups in total. The van der Waals surface area contributed by atoms with Crippen molar-refractivity contribution in [2.24, 2.45) is 0 Å². The highest BCUT2D eigenvalue weighted by molar-refractivity contribution is 7.89. The highest BCUT2D eigenvalue weighted by atomic mass is 32.2. The lowest BCUT2D eigenvalue weighted by Gasteiger charge is -2.16. The molecule has 4 nitrogen and oxygen atoms in total. The van der Waals surface area contributed by atoms with Gasteiger partial charge in [-0.3, -0.25) is 0 Å². The van der Waals surface area contributed by atoms with Crippen molar-refractivity contribution < 1.29 is 8.42 Å². The minimum atomic E-state index is -3.55. The van der Waals surface area contributed by atoms with Crippen LogP contribution in [-0.4, -0.2) is 26.3 Å². The molecule has 0 radical (unpaired) electrons. The van der Waals surface area contributed by atoms with Crippen LogP contribution in [0, 0.1) is 26.2 Å². The Hall–Kier alpha value is -1.51. The number of nitrogen functional groups attached to an aromatic ring is 1. The van der Waals surface area contributed by atoms with E-state index in [1.807, 2.05) is 13.8 Å². The minimum absolute atomic E-state index is 0.0369. The van der Waals surface area contributed by atoms with E-state index in [0.717, 1.165) is 15.4 Å². The van der Waals surface area contributed by atoms with E-state index in [2.05, 4.69) is 5.92 Å². The highest BCUT2D eigenvalue weighted by Crippen LogP contribution is 2.23. The van der Waals surface area contributed by atoms with Gasteiger partial charge in [-0.2, -0.15) is 4.31 Å². The quantitative estimate of drug-likeness (QED) is 0.648. The topological polar surface area (TPSA) is 63.4 Å². The third-order valence-electron chi connectivity index (χ3n) is 2.70. The molecular formula is C12H16N2O2S. The highest BCUT2D eigenvalue weighted by Gasteiger charge is 2.21. The maximum Gasteiger partial charge on any atom is 0.243 e. The molecule has 1 aromatic carbocycles. The molecule has 0 unspecified atom stereocenters. The fourth-order valence-electron chi connectivity index (χ4n) is 1.39. The molecule has 0 aromatic heterocycles. The molecule has 1 rings (SSSR count). The van der Waals surface area contributed by atoms with Crippen LogP contribution in [-0.2, 0) is 10.0 Å². The summed E-state index contributed by atoms with van der Waals surface area (Å²) in [6.07, 6.45) is 5.11. The second-order valence-corrected chi connectivity index (χ2v) is 5.96. The first kappa shape index (κ1) is 13.6. The van der Waals surface area contributed by atoms with E-state index < -0.39 is 10.0 Å². The molecule has 1 aromatic rings. The second-order valence-electron chi connectivity index (χ2n) is 3.92. The number of benzene rings is 1. The molecule has 0 aliphatic rings. The summed E-state index contributed by atoms with van der Waals surface area (Å²) in [6.45, 7) is 3.72. The summed E-state index contributed by atoms with van der Waals surface area (Å²) in [4.78, 5) is 0.177. The zero-order valence-corrected chi connectivity index (χ0v) is 11.0. The van der Waals surface area contributed by atoms with Crippen molar-refractivity contribution >= 4 is 15.7 Å². The largest absolute Gasteiger partial charge is 0.398 e. The van der Waals surface area contributed by atoms with Crippen LogP contribution in [0.1, 0.15) is 11.1 Å². The number of sulfonamides is 1. The summed E-state index contributed by atoms with van der Waals surface area (Å²) in [5.74, 6) is 2.30. The van der Waals surface area contributed by atoms with Crippen LogP contribution in [0.2, 0.25) is 0 Å². The van der Waals surface area contributed by atoms with Gasteiger partial charge >= 0.3 is 0 Å². The summed E-state index contributed by atoms with van der Waals surface area (Å²) in [6, 6.07) is 3.07. The Bertz CT molecular complexity index is 548. The molecule has 5 heteroatoms. The first-order chi connectivity index (χ1) is 7.80. The van der Waals surface area contributed by atoms with Gasteiger partial charge in [0, 0.05) is 12.7 Å². The van der Waals surface area contributed by atoms with Crippen molar-refractivity contribution in [3.05, 3.63) is 23.3 Å². The Kier molecular flexibility index (Phi) is 3.81. The van der Waals surface area contributed by atoms with Crippen molar-refractivity contribution in [2.75, 3.05) is 19.3 Å². The van der Waals surface area contributed by atoms with Gasteiger partial charge in [-0.25, -0.2) is 8.42 Å².